The monoisotopic (exact) mass is 373 g/mol. The fourth-order valence-electron chi connectivity index (χ4n) is 3.38. The van der Waals surface area contributed by atoms with Gasteiger partial charge in [0.05, 0.1) is 6.04 Å². The van der Waals surface area contributed by atoms with Gasteiger partial charge < -0.3 is 14.8 Å². The summed E-state index contributed by atoms with van der Waals surface area (Å²) in [5.41, 5.74) is 1.62. The molecule has 5 nitrogen and oxygen atoms in total. The first-order chi connectivity index (χ1) is 12.2. The summed E-state index contributed by atoms with van der Waals surface area (Å²) in [5, 5.41) is 3.48. The summed E-state index contributed by atoms with van der Waals surface area (Å²) in [6, 6.07) is 11.3. The Morgan fingerprint density at radius 3 is 2.65 bits per heavy atom. The summed E-state index contributed by atoms with van der Waals surface area (Å²) in [5.74, 6) is -0.433. The number of rotatable bonds is 3. The van der Waals surface area contributed by atoms with E-state index in [0.29, 0.717) is 18.1 Å². The van der Waals surface area contributed by atoms with Crippen LogP contribution < -0.4 is 5.32 Å². The van der Waals surface area contributed by atoms with Crippen LogP contribution in [0.25, 0.3) is 0 Å². The molecule has 1 atom stereocenters. The van der Waals surface area contributed by atoms with Gasteiger partial charge in [0.25, 0.3) is 0 Å². The molecule has 0 spiro atoms. The fraction of sp³-hybridized carbons (Fsp3) is 0.400. The van der Waals surface area contributed by atoms with Crippen LogP contribution in [-0.4, -0.2) is 33.4 Å². The van der Waals surface area contributed by atoms with Crippen molar-refractivity contribution in [3.05, 3.63) is 58.9 Å². The topological polar surface area (TPSA) is 54.3 Å². The molecule has 2 amide bonds. The van der Waals surface area contributed by atoms with Gasteiger partial charge in [-0.25, -0.2) is 0 Å². The van der Waals surface area contributed by atoms with Crippen LogP contribution in [0.2, 0.25) is 5.02 Å². The molecule has 1 aliphatic heterocycles. The standard InChI is InChI=1S/C20H24ClN3O2/c1-20(2,3)22-17(25)13-18(26)24-11-10-23-9-5-8-16(23)19(24)14-6-4-7-15(21)12-14/h4-9,12,19H,10-11,13H2,1-3H3,(H,22,25)/t19-/m1/s1. The van der Waals surface area contributed by atoms with Crippen LogP contribution in [0, 0.1) is 0 Å². The number of benzene rings is 1. The molecule has 1 aromatic carbocycles. The van der Waals surface area contributed by atoms with E-state index in [1.807, 2.05) is 63.4 Å². The Morgan fingerprint density at radius 2 is 1.96 bits per heavy atom. The molecular weight excluding hydrogens is 350 g/mol. The van der Waals surface area contributed by atoms with Crippen molar-refractivity contribution in [2.24, 2.45) is 0 Å². The maximum atomic E-state index is 12.9. The third-order valence-electron chi connectivity index (χ3n) is 4.35. The highest BCUT2D eigenvalue weighted by molar-refractivity contribution is 6.30. The van der Waals surface area contributed by atoms with Gasteiger partial charge in [0.1, 0.15) is 6.42 Å². The molecule has 6 heteroatoms. The van der Waals surface area contributed by atoms with Gasteiger partial charge >= 0.3 is 0 Å². The molecule has 0 bridgehead atoms. The summed E-state index contributed by atoms with van der Waals surface area (Å²) < 4.78 is 2.14. The van der Waals surface area contributed by atoms with Gasteiger partial charge in [0.15, 0.2) is 0 Å². The molecule has 0 saturated carbocycles. The smallest absolute Gasteiger partial charge is 0.232 e. The summed E-state index contributed by atoms with van der Waals surface area (Å²) in [4.78, 5) is 26.9. The average molecular weight is 374 g/mol. The highest BCUT2D eigenvalue weighted by Gasteiger charge is 2.33. The second kappa shape index (κ2) is 7.16. The van der Waals surface area contributed by atoms with Crippen LogP contribution in [0.4, 0.5) is 0 Å². The Labute approximate surface area is 158 Å². The lowest BCUT2D eigenvalue weighted by Gasteiger charge is -2.37. The molecule has 138 valence electrons. The van der Waals surface area contributed by atoms with E-state index in [1.54, 1.807) is 4.90 Å². The molecule has 2 aromatic rings. The van der Waals surface area contributed by atoms with Crippen LogP contribution in [-0.2, 0) is 16.1 Å². The fourth-order valence-corrected chi connectivity index (χ4v) is 3.58. The maximum Gasteiger partial charge on any atom is 0.232 e. The molecule has 1 aromatic heterocycles. The first-order valence-electron chi connectivity index (χ1n) is 8.75. The number of nitrogens with one attached hydrogen (secondary N) is 1. The second-order valence-electron chi connectivity index (χ2n) is 7.65. The van der Waals surface area contributed by atoms with Crippen molar-refractivity contribution in [3.8, 4) is 0 Å². The van der Waals surface area contributed by atoms with Gasteiger partial charge in [0, 0.05) is 35.5 Å². The van der Waals surface area contributed by atoms with Gasteiger partial charge in [-0.1, -0.05) is 23.7 Å². The molecule has 2 heterocycles. The van der Waals surface area contributed by atoms with Gasteiger partial charge in [-0.2, -0.15) is 0 Å². The summed E-state index contributed by atoms with van der Waals surface area (Å²) in [7, 11) is 0. The third kappa shape index (κ3) is 4.10. The third-order valence-corrected chi connectivity index (χ3v) is 4.58. The maximum absolute atomic E-state index is 12.9. The number of nitrogens with zero attached hydrogens (tertiary/aromatic N) is 2. The van der Waals surface area contributed by atoms with E-state index in [-0.39, 0.29) is 29.8 Å². The molecular formula is C20H24ClN3O2. The lowest BCUT2D eigenvalue weighted by atomic mass is 9.99. The summed E-state index contributed by atoms with van der Waals surface area (Å²) in [6.45, 7) is 6.97. The molecule has 26 heavy (non-hydrogen) atoms. The number of hydrogen-bond donors (Lipinski definition) is 1. The van der Waals surface area contributed by atoms with Crippen molar-refractivity contribution in [1.29, 1.82) is 0 Å². The lowest BCUT2D eigenvalue weighted by Crippen LogP contribution is -2.46. The van der Waals surface area contributed by atoms with Crippen LogP contribution in [0.3, 0.4) is 0 Å². The quantitative estimate of drug-likeness (QED) is 0.838. The van der Waals surface area contributed by atoms with Crippen molar-refractivity contribution < 1.29 is 9.59 Å². The van der Waals surface area contributed by atoms with Gasteiger partial charge in [-0.05, 0) is 50.6 Å². The number of fused-ring (bicyclic) bond motifs is 1. The zero-order valence-electron chi connectivity index (χ0n) is 15.3. The molecule has 3 rings (SSSR count). The van der Waals surface area contributed by atoms with Gasteiger partial charge in [-0.3, -0.25) is 9.59 Å². The number of aromatic nitrogens is 1. The molecule has 0 aliphatic carbocycles. The highest BCUT2D eigenvalue weighted by atomic mass is 35.5. The molecule has 0 radical (unpaired) electrons. The Morgan fingerprint density at radius 1 is 1.19 bits per heavy atom. The zero-order chi connectivity index (χ0) is 18.9. The van der Waals surface area contributed by atoms with Crippen molar-refractivity contribution in [1.82, 2.24) is 14.8 Å². The molecule has 0 fully saturated rings. The Bertz CT molecular complexity index is 822. The van der Waals surface area contributed by atoms with Crippen molar-refractivity contribution >= 4 is 23.4 Å². The number of halogens is 1. The van der Waals surface area contributed by atoms with Gasteiger partial charge in [-0.15, -0.1) is 0 Å². The SMILES string of the molecule is CC(C)(C)NC(=O)CC(=O)N1CCn2cccc2[C@H]1c1cccc(Cl)c1. The zero-order valence-corrected chi connectivity index (χ0v) is 16.1. The van der Waals surface area contributed by atoms with E-state index in [1.165, 1.54) is 0 Å². The largest absolute Gasteiger partial charge is 0.351 e. The Kier molecular flexibility index (Phi) is 5.10. The van der Waals surface area contributed by atoms with E-state index in [4.69, 9.17) is 11.6 Å². The van der Waals surface area contributed by atoms with Crippen molar-refractivity contribution in [2.45, 2.75) is 45.3 Å². The number of amides is 2. The Hall–Kier alpha value is -2.27. The van der Waals surface area contributed by atoms with Gasteiger partial charge in [0.2, 0.25) is 11.8 Å². The number of hydrogen-bond acceptors (Lipinski definition) is 2. The first kappa shape index (κ1) is 18.5. The van der Waals surface area contributed by atoms with Crippen LogP contribution >= 0.6 is 11.6 Å². The van der Waals surface area contributed by atoms with Crippen molar-refractivity contribution in [3.63, 3.8) is 0 Å². The molecule has 1 N–H and O–H groups in total. The molecule has 1 aliphatic rings. The van der Waals surface area contributed by atoms with E-state index in [2.05, 4.69) is 9.88 Å². The van der Waals surface area contributed by atoms with Crippen LogP contribution in [0.15, 0.2) is 42.6 Å². The van der Waals surface area contributed by atoms with E-state index < -0.39 is 0 Å². The highest BCUT2D eigenvalue weighted by Crippen LogP contribution is 2.33. The lowest BCUT2D eigenvalue weighted by molar-refractivity contribution is -0.138. The van der Waals surface area contributed by atoms with Crippen LogP contribution in [0.1, 0.15) is 44.5 Å². The minimum atomic E-state index is -0.361. The number of carbonyl (C=O) groups is 2. The van der Waals surface area contributed by atoms with E-state index in [0.717, 1.165) is 11.3 Å². The Balaban J connectivity index is 1.88. The predicted molar refractivity (Wildman–Crippen MR) is 102 cm³/mol. The molecule has 0 unspecified atom stereocenters. The second-order valence-corrected chi connectivity index (χ2v) is 8.08. The first-order valence-corrected chi connectivity index (χ1v) is 9.13. The van der Waals surface area contributed by atoms with Crippen LogP contribution in [0.5, 0.6) is 0 Å². The normalized spacial score (nSPS) is 16.9. The number of carbonyl (C=O) groups excluding carboxylic acids is 2. The minimum absolute atomic E-state index is 0.158. The summed E-state index contributed by atoms with van der Waals surface area (Å²) in [6.07, 6.45) is 1.86. The van der Waals surface area contributed by atoms with E-state index in [9.17, 15) is 9.59 Å². The predicted octanol–water partition coefficient (Wildman–Crippen LogP) is 3.38. The average Bonchev–Trinajstić information content (AvgIpc) is 3.00. The summed E-state index contributed by atoms with van der Waals surface area (Å²) >= 11 is 6.17. The molecule has 0 saturated heterocycles. The minimum Gasteiger partial charge on any atom is -0.351 e. The van der Waals surface area contributed by atoms with Crippen molar-refractivity contribution in [2.75, 3.05) is 6.54 Å². The van der Waals surface area contributed by atoms with E-state index >= 15 is 0 Å².